The van der Waals surface area contributed by atoms with Crippen LogP contribution in [0.5, 0.6) is 5.75 Å². The van der Waals surface area contributed by atoms with Crippen LogP contribution < -0.4 is 4.74 Å². The molecule has 1 aromatic heterocycles. The lowest BCUT2D eigenvalue weighted by Gasteiger charge is -2.03. The second-order valence-electron chi connectivity index (χ2n) is 2.86. The van der Waals surface area contributed by atoms with E-state index in [-0.39, 0.29) is 0 Å². The third-order valence-electron chi connectivity index (χ3n) is 2.08. The van der Waals surface area contributed by atoms with E-state index in [1.807, 2.05) is 25.1 Å². The summed E-state index contributed by atoms with van der Waals surface area (Å²) in [6.07, 6.45) is 0. The quantitative estimate of drug-likeness (QED) is 0.697. The Labute approximate surface area is 85.9 Å². The Bertz CT molecular complexity index is 447. The van der Waals surface area contributed by atoms with E-state index >= 15 is 0 Å². The van der Waals surface area contributed by atoms with Gasteiger partial charge in [-0.2, -0.15) is 0 Å². The molecular weight excluding hydrogens is 204 g/mol. The number of thiophene rings is 1. The van der Waals surface area contributed by atoms with Crippen LogP contribution in [0.3, 0.4) is 0 Å². The number of methoxy groups -OCH3 is 1. The number of aryl methyl sites for hydroxylation is 1. The first-order chi connectivity index (χ1) is 6.22. The predicted molar refractivity (Wildman–Crippen MR) is 58.1 cm³/mol. The van der Waals surface area contributed by atoms with Gasteiger partial charge in [0.05, 0.1) is 11.4 Å². The number of benzene rings is 1. The SMILES string of the molecule is COc1ccc2cc(Cl)sc2c1C. The Morgan fingerprint density at radius 2 is 2.15 bits per heavy atom. The number of ether oxygens (including phenoxy) is 1. The molecule has 3 heteroatoms. The average molecular weight is 213 g/mol. The van der Waals surface area contributed by atoms with Crippen molar-refractivity contribution in [2.24, 2.45) is 0 Å². The summed E-state index contributed by atoms with van der Waals surface area (Å²) < 4.78 is 7.26. The molecule has 13 heavy (non-hydrogen) atoms. The summed E-state index contributed by atoms with van der Waals surface area (Å²) in [4.78, 5) is 0. The highest BCUT2D eigenvalue weighted by Crippen LogP contribution is 2.35. The maximum absolute atomic E-state index is 5.93. The maximum atomic E-state index is 5.93. The molecule has 0 spiro atoms. The Morgan fingerprint density at radius 1 is 1.38 bits per heavy atom. The fourth-order valence-electron chi connectivity index (χ4n) is 1.41. The molecule has 0 N–H and O–H groups in total. The zero-order valence-corrected chi connectivity index (χ0v) is 9.00. The zero-order chi connectivity index (χ0) is 9.42. The monoisotopic (exact) mass is 212 g/mol. The van der Waals surface area contributed by atoms with Gasteiger partial charge in [-0.1, -0.05) is 11.6 Å². The van der Waals surface area contributed by atoms with Gasteiger partial charge in [-0.25, -0.2) is 0 Å². The van der Waals surface area contributed by atoms with Crippen LogP contribution in [0.1, 0.15) is 5.56 Å². The first kappa shape index (κ1) is 8.85. The second kappa shape index (κ2) is 3.20. The van der Waals surface area contributed by atoms with Crippen molar-refractivity contribution >= 4 is 33.0 Å². The first-order valence-corrected chi connectivity index (χ1v) is 5.14. The van der Waals surface area contributed by atoms with E-state index in [4.69, 9.17) is 16.3 Å². The highest BCUT2D eigenvalue weighted by Gasteiger charge is 2.06. The minimum Gasteiger partial charge on any atom is -0.496 e. The van der Waals surface area contributed by atoms with Crippen LogP contribution in [0.15, 0.2) is 18.2 Å². The van der Waals surface area contributed by atoms with E-state index in [2.05, 4.69) is 0 Å². The van der Waals surface area contributed by atoms with E-state index < -0.39 is 0 Å². The highest BCUT2D eigenvalue weighted by molar-refractivity contribution is 7.22. The standard InChI is InChI=1S/C10H9ClOS/c1-6-8(12-2)4-3-7-5-9(11)13-10(6)7/h3-5H,1-2H3. The maximum Gasteiger partial charge on any atom is 0.123 e. The Hall–Kier alpha value is -0.730. The highest BCUT2D eigenvalue weighted by atomic mass is 35.5. The van der Waals surface area contributed by atoms with Crippen molar-refractivity contribution < 1.29 is 4.74 Å². The molecular formula is C10H9ClOS. The molecule has 0 saturated heterocycles. The third-order valence-corrected chi connectivity index (χ3v) is 3.47. The van der Waals surface area contributed by atoms with E-state index in [0.717, 1.165) is 15.6 Å². The second-order valence-corrected chi connectivity index (χ2v) is 4.55. The van der Waals surface area contributed by atoms with Gasteiger partial charge in [-0.15, -0.1) is 11.3 Å². The van der Waals surface area contributed by atoms with Crippen molar-refractivity contribution in [2.75, 3.05) is 7.11 Å². The summed E-state index contributed by atoms with van der Waals surface area (Å²) in [7, 11) is 1.68. The Kier molecular flexibility index (Phi) is 2.18. The van der Waals surface area contributed by atoms with Gasteiger partial charge in [-0.05, 0) is 30.5 Å². The van der Waals surface area contributed by atoms with Crippen LogP contribution in [-0.2, 0) is 0 Å². The first-order valence-electron chi connectivity index (χ1n) is 3.95. The molecule has 1 nitrogen and oxygen atoms in total. The smallest absolute Gasteiger partial charge is 0.123 e. The molecule has 0 unspecified atom stereocenters. The summed E-state index contributed by atoms with van der Waals surface area (Å²) in [5.41, 5.74) is 1.16. The van der Waals surface area contributed by atoms with E-state index in [1.54, 1.807) is 18.4 Å². The molecule has 68 valence electrons. The fourth-order valence-corrected chi connectivity index (χ4v) is 2.64. The van der Waals surface area contributed by atoms with Gasteiger partial charge in [0.1, 0.15) is 5.75 Å². The van der Waals surface area contributed by atoms with Crippen molar-refractivity contribution in [2.45, 2.75) is 6.92 Å². The predicted octanol–water partition coefficient (Wildman–Crippen LogP) is 3.87. The molecule has 0 aliphatic heterocycles. The average Bonchev–Trinajstić information content (AvgIpc) is 2.47. The molecule has 0 saturated carbocycles. The van der Waals surface area contributed by atoms with Crippen LogP contribution in [0.25, 0.3) is 10.1 Å². The lowest BCUT2D eigenvalue weighted by atomic mass is 10.2. The summed E-state index contributed by atoms with van der Waals surface area (Å²) in [6.45, 7) is 2.05. The van der Waals surface area contributed by atoms with E-state index in [1.165, 1.54) is 10.1 Å². The Morgan fingerprint density at radius 3 is 2.85 bits per heavy atom. The molecule has 0 aliphatic carbocycles. The Balaban J connectivity index is 2.78. The van der Waals surface area contributed by atoms with Crippen LogP contribution in [0.4, 0.5) is 0 Å². The van der Waals surface area contributed by atoms with Gasteiger partial charge in [-0.3, -0.25) is 0 Å². The van der Waals surface area contributed by atoms with Crippen LogP contribution in [0, 0.1) is 6.92 Å². The van der Waals surface area contributed by atoms with Crippen molar-refractivity contribution in [3.05, 3.63) is 28.1 Å². The molecule has 0 atom stereocenters. The van der Waals surface area contributed by atoms with Crippen molar-refractivity contribution in [1.82, 2.24) is 0 Å². The number of hydrogen-bond acceptors (Lipinski definition) is 2. The zero-order valence-electron chi connectivity index (χ0n) is 7.43. The number of hydrogen-bond donors (Lipinski definition) is 0. The molecule has 1 heterocycles. The van der Waals surface area contributed by atoms with Crippen LogP contribution in [-0.4, -0.2) is 7.11 Å². The largest absolute Gasteiger partial charge is 0.496 e. The number of rotatable bonds is 1. The minimum atomic E-state index is 0.825. The van der Waals surface area contributed by atoms with Crippen LogP contribution >= 0.6 is 22.9 Å². The molecule has 0 aliphatic rings. The summed E-state index contributed by atoms with van der Waals surface area (Å²) in [5.74, 6) is 0.922. The van der Waals surface area contributed by atoms with Gasteiger partial charge in [0.2, 0.25) is 0 Å². The van der Waals surface area contributed by atoms with Gasteiger partial charge in [0, 0.05) is 10.3 Å². The lowest BCUT2D eigenvalue weighted by molar-refractivity contribution is 0.412. The number of halogens is 1. The summed E-state index contributed by atoms with van der Waals surface area (Å²) in [6, 6.07) is 5.98. The van der Waals surface area contributed by atoms with Gasteiger partial charge in [0.15, 0.2) is 0 Å². The van der Waals surface area contributed by atoms with E-state index in [0.29, 0.717) is 0 Å². The molecule has 1 aromatic carbocycles. The fraction of sp³-hybridized carbons (Fsp3) is 0.200. The lowest BCUT2D eigenvalue weighted by Crippen LogP contribution is -1.85. The van der Waals surface area contributed by atoms with Gasteiger partial charge in [0.25, 0.3) is 0 Å². The van der Waals surface area contributed by atoms with Crippen molar-refractivity contribution in [3.63, 3.8) is 0 Å². The molecule has 0 bridgehead atoms. The number of fused-ring (bicyclic) bond motifs is 1. The third kappa shape index (κ3) is 1.40. The van der Waals surface area contributed by atoms with Gasteiger partial charge < -0.3 is 4.74 Å². The van der Waals surface area contributed by atoms with Crippen molar-refractivity contribution in [3.8, 4) is 5.75 Å². The molecule has 0 radical (unpaired) electrons. The van der Waals surface area contributed by atoms with Crippen molar-refractivity contribution in [1.29, 1.82) is 0 Å². The van der Waals surface area contributed by atoms with Gasteiger partial charge >= 0.3 is 0 Å². The molecule has 2 rings (SSSR count). The topological polar surface area (TPSA) is 9.23 Å². The van der Waals surface area contributed by atoms with Crippen LogP contribution in [0.2, 0.25) is 4.34 Å². The minimum absolute atomic E-state index is 0.825. The molecule has 2 aromatic rings. The summed E-state index contributed by atoms with van der Waals surface area (Å²) in [5, 5.41) is 1.19. The molecule has 0 amide bonds. The normalized spacial score (nSPS) is 10.7. The molecule has 0 fully saturated rings. The summed E-state index contributed by atoms with van der Waals surface area (Å²) >= 11 is 7.52. The van der Waals surface area contributed by atoms with E-state index in [9.17, 15) is 0 Å².